The van der Waals surface area contributed by atoms with Gasteiger partial charge in [-0.25, -0.2) is 0 Å². The van der Waals surface area contributed by atoms with E-state index in [1.165, 1.54) is 0 Å². The zero-order valence-corrected chi connectivity index (χ0v) is 12.7. The molecule has 0 amide bonds. The topological polar surface area (TPSA) is 103 Å². The van der Waals surface area contributed by atoms with E-state index in [1.54, 1.807) is 13.4 Å². The minimum Gasteiger partial charge on any atom is -0.461 e. The molecule has 2 N–H and O–H groups in total. The lowest BCUT2D eigenvalue weighted by atomic mass is 10.5. The Morgan fingerprint density at radius 1 is 1.24 bits per heavy atom. The van der Waals surface area contributed by atoms with E-state index in [4.69, 9.17) is 4.74 Å². The standard InChI is InChI=1S/C12H20N8O/c1-5-20-7-15-19-9(20)6-14-11-16-10(13-4)17-12(18-11)21-8(2)3/h7-8H,5-6H2,1-4H3,(H2,13,14,16,17,18). The Bertz CT molecular complexity index is 582. The minimum atomic E-state index is -0.00635. The Balaban J connectivity index is 2.11. The molecular formula is C12H20N8O. The van der Waals surface area contributed by atoms with Crippen LogP contribution in [0.25, 0.3) is 0 Å². The first-order chi connectivity index (χ1) is 10.1. The quantitative estimate of drug-likeness (QED) is 0.776. The van der Waals surface area contributed by atoms with E-state index in [9.17, 15) is 0 Å². The van der Waals surface area contributed by atoms with Gasteiger partial charge in [-0.2, -0.15) is 15.0 Å². The van der Waals surface area contributed by atoms with Crippen LogP contribution in [0.1, 0.15) is 26.6 Å². The van der Waals surface area contributed by atoms with Gasteiger partial charge in [0.15, 0.2) is 5.82 Å². The molecule has 0 saturated heterocycles. The maximum absolute atomic E-state index is 5.50. The van der Waals surface area contributed by atoms with Gasteiger partial charge in [0.2, 0.25) is 11.9 Å². The largest absolute Gasteiger partial charge is 0.461 e. The summed E-state index contributed by atoms with van der Waals surface area (Å²) in [6.07, 6.45) is 1.68. The Hall–Kier alpha value is -2.45. The third-order valence-electron chi connectivity index (χ3n) is 2.62. The monoisotopic (exact) mass is 292 g/mol. The van der Waals surface area contributed by atoms with Gasteiger partial charge in [-0.1, -0.05) is 0 Å². The summed E-state index contributed by atoms with van der Waals surface area (Å²) in [4.78, 5) is 12.6. The molecule has 0 spiro atoms. The second-order valence-electron chi connectivity index (χ2n) is 4.57. The van der Waals surface area contributed by atoms with Crippen molar-refractivity contribution in [1.82, 2.24) is 29.7 Å². The molecule has 0 saturated carbocycles. The molecule has 0 bridgehead atoms. The summed E-state index contributed by atoms with van der Waals surface area (Å²) in [7, 11) is 1.74. The van der Waals surface area contributed by atoms with Crippen molar-refractivity contribution < 1.29 is 4.74 Å². The normalized spacial score (nSPS) is 10.7. The lowest BCUT2D eigenvalue weighted by molar-refractivity contribution is 0.222. The van der Waals surface area contributed by atoms with Gasteiger partial charge in [-0.15, -0.1) is 10.2 Å². The zero-order chi connectivity index (χ0) is 15.2. The molecule has 2 rings (SSSR count). The third kappa shape index (κ3) is 4.01. The Morgan fingerprint density at radius 3 is 2.67 bits per heavy atom. The summed E-state index contributed by atoms with van der Waals surface area (Å²) in [5.41, 5.74) is 0. The maximum Gasteiger partial charge on any atom is 0.323 e. The van der Waals surface area contributed by atoms with E-state index in [0.717, 1.165) is 12.4 Å². The number of aromatic nitrogens is 6. The van der Waals surface area contributed by atoms with Gasteiger partial charge in [-0.05, 0) is 20.8 Å². The van der Waals surface area contributed by atoms with E-state index in [1.807, 2.05) is 25.3 Å². The lowest BCUT2D eigenvalue weighted by Gasteiger charge is -2.11. The Morgan fingerprint density at radius 2 is 2.00 bits per heavy atom. The van der Waals surface area contributed by atoms with E-state index in [0.29, 0.717) is 18.4 Å². The van der Waals surface area contributed by atoms with Crippen molar-refractivity contribution in [1.29, 1.82) is 0 Å². The number of ether oxygens (including phenoxy) is 1. The van der Waals surface area contributed by atoms with Crippen LogP contribution in [0, 0.1) is 0 Å². The van der Waals surface area contributed by atoms with Gasteiger partial charge in [0.05, 0.1) is 12.6 Å². The first-order valence-electron chi connectivity index (χ1n) is 6.83. The number of anilines is 2. The fraction of sp³-hybridized carbons (Fsp3) is 0.583. The van der Waals surface area contributed by atoms with Crippen molar-refractivity contribution >= 4 is 11.9 Å². The number of hydrogen-bond donors (Lipinski definition) is 2. The van der Waals surface area contributed by atoms with Crippen LogP contribution in [0.3, 0.4) is 0 Å². The molecule has 0 aliphatic rings. The van der Waals surface area contributed by atoms with Crippen LogP contribution in [0.5, 0.6) is 6.01 Å². The van der Waals surface area contributed by atoms with Gasteiger partial charge >= 0.3 is 6.01 Å². The number of nitrogens with one attached hydrogen (secondary N) is 2. The lowest BCUT2D eigenvalue weighted by Crippen LogP contribution is -2.14. The van der Waals surface area contributed by atoms with E-state index < -0.39 is 0 Å². The van der Waals surface area contributed by atoms with Crippen LogP contribution < -0.4 is 15.4 Å². The molecule has 114 valence electrons. The van der Waals surface area contributed by atoms with Crippen molar-refractivity contribution in [3.8, 4) is 6.01 Å². The van der Waals surface area contributed by atoms with E-state index >= 15 is 0 Å². The molecule has 0 aromatic carbocycles. The molecule has 0 radical (unpaired) electrons. The molecule has 0 unspecified atom stereocenters. The summed E-state index contributed by atoms with van der Waals surface area (Å²) in [5.74, 6) is 1.69. The number of rotatable bonds is 7. The van der Waals surface area contributed by atoms with Crippen molar-refractivity contribution in [2.24, 2.45) is 0 Å². The summed E-state index contributed by atoms with van der Waals surface area (Å²) in [6, 6.07) is 0.281. The van der Waals surface area contributed by atoms with Crippen LogP contribution in [0.2, 0.25) is 0 Å². The van der Waals surface area contributed by atoms with Gasteiger partial charge < -0.3 is 19.9 Å². The highest BCUT2D eigenvalue weighted by molar-refractivity contribution is 5.35. The maximum atomic E-state index is 5.50. The second kappa shape index (κ2) is 6.82. The van der Waals surface area contributed by atoms with Crippen LogP contribution >= 0.6 is 0 Å². The first kappa shape index (κ1) is 14.9. The van der Waals surface area contributed by atoms with Crippen molar-refractivity contribution in [3.63, 3.8) is 0 Å². The molecule has 21 heavy (non-hydrogen) atoms. The molecule has 9 nitrogen and oxygen atoms in total. The number of nitrogens with zero attached hydrogens (tertiary/aromatic N) is 6. The molecule has 0 fully saturated rings. The summed E-state index contributed by atoms with van der Waals surface area (Å²) >= 11 is 0. The van der Waals surface area contributed by atoms with Gasteiger partial charge in [0.25, 0.3) is 0 Å². The molecule has 0 aliphatic heterocycles. The highest BCUT2D eigenvalue weighted by Gasteiger charge is 2.09. The summed E-state index contributed by atoms with van der Waals surface area (Å²) in [6.45, 7) is 7.15. The minimum absolute atomic E-state index is 0.00635. The highest BCUT2D eigenvalue weighted by Crippen LogP contribution is 2.12. The predicted molar refractivity (Wildman–Crippen MR) is 78.2 cm³/mol. The number of aryl methyl sites for hydroxylation is 1. The average Bonchev–Trinajstić information content (AvgIpc) is 2.91. The Kier molecular flexibility index (Phi) is 4.85. The zero-order valence-electron chi connectivity index (χ0n) is 12.7. The van der Waals surface area contributed by atoms with Gasteiger partial charge in [0.1, 0.15) is 6.33 Å². The third-order valence-corrected chi connectivity index (χ3v) is 2.62. The van der Waals surface area contributed by atoms with Crippen molar-refractivity contribution in [3.05, 3.63) is 12.2 Å². The SMILES string of the molecule is CCn1cnnc1CNc1nc(NC)nc(OC(C)C)n1. The first-order valence-corrected chi connectivity index (χ1v) is 6.83. The fourth-order valence-electron chi connectivity index (χ4n) is 1.65. The summed E-state index contributed by atoms with van der Waals surface area (Å²) < 4.78 is 7.45. The molecule has 2 aromatic rings. The molecule has 2 heterocycles. The molecule has 0 aliphatic carbocycles. The van der Waals surface area contributed by atoms with E-state index in [2.05, 4.69) is 35.8 Å². The molecule has 9 heteroatoms. The molecule has 2 aromatic heterocycles. The Labute approximate surface area is 123 Å². The molecular weight excluding hydrogens is 272 g/mol. The van der Waals surface area contributed by atoms with Crippen LogP contribution in [0.15, 0.2) is 6.33 Å². The smallest absolute Gasteiger partial charge is 0.323 e. The van der Waals surface area contributed by atoms with Crippen LogP contribution in [-0.4, -0.2) is 42.9 Å². The predicted octanol–water partition coefficient (Wildman–Crippen LogP) is 0.924. The second-order valence-corrected chi connectivity index (χ2v) is 4.57. The van der Waals surface area contributed by atoms with Crippen molar-refractivity contribution in [2.45, 2.75) is 40.0 Å². The summed E-state index contributed by atoms with van der Waals surface area (Å²) in [5, 5.41) is 13.9. The molecule has 0 atom stereocenters. The van der Waals surface area contributed by atoms with Crippen LogP contribution in [0.4, 0.5) is 11.9 Å². The highest BCUT2D eigenvalue weighted by atomic mass is 16.5. The van der Waals surface area contributed by atoms with E-state index in [-0.39, 0.29) is 12.1 Å². The van der Waals surface area contributed by atoms with Gasteiger partial charge in [-0.3, -0.25) is 0 Å². The number of hydrogen-bond acceptors (Lipinski definition) is 8. The van der Waals surface area contributed by atoms with Gasteiger partial charge in [0, 0.05) is 13.6 Å². The fourth-order valence-corrected chi connectivity index (χ4v) is 1.65. The van der Waals surface area contributed by atoms with Crippen LogP contribution in [-0.2, 0) is 13.1 Å². The average molecular weight is 292 g/mol. The van der Waals surface area contributed by atoms with Crippen molar-refractivity contribution in [2.75, 3.05) is 17.7 Å².